The van der Waals surface area contributed by atoms with Crippen LogP contribution >= 0.6 is 0 Å². The summed E-state index contributed by atoms with van der Waals surface area (Å²) < 4.78 is 1.81. The van der Waals surface area contributed by atoms with Gasteiger partial charge in [-0.05, 0) is 43.2 Å². The second-order valence-electron chi connectivity index (χ2n) is 6.41. The molecule has 1 aromatic carbocycles. The average Bonchev–Trinajstić information content (AvgIpc) is 3.03. The minimum Gasteiger partial charge on any atom is -0.353 e. The van der Waals surface area contributed by atoms with E-state index in [-0.39, 0.29) is 0 Å². The van der Waals surface area contributed by atoms with Crippen molar-refractivity contribution in [3.05, 3.63) is 66.4 Å². The van der Waals surface area contributed by atoms with E-state index < -0.39 is 0 Å². The van der Waals surface area contributed by atoms with Crippen LogP contribution in [-0.2, 0) is 0 Å². The zero-order chi connectivity index (χ0) is 17.7. The predicted molar refractivity (Wildman–Crippen MR) is 103 cm³/mol. The Morgan fingerprint density at radius 3 is 2.69 bits per heavy atom. The molecule has 0 spiro atoms. The van der Waals surface area contributed by atoms with Gasteiger partial charge in [0.15, 0.2) is 0 Å². The smallest absolute Gasteiger partial charge is 0.136 e. The van der Waals surface area contributed by atoms with Crippen LogP contribution < -0.4 is 5.32 Å². The Labute approximate surface area is 149 Å². The number of nitrogens with zero attached hydrogens (tertiary/aromatic N) is 5. The second kappa shape index (κ2) is 5.49. The number of rotatable bonds is 2. The molecule has 0 saturated carbocycles. The van der Waals surface area contributed by atoms with Crippen LogP contribution in [0.3, 0.4) is 0 Å². The van der Waals surface area contributed by atoms with E-state index in [4.69, 9.17) is 10.1 Å². The summed E-state index contributed by atoms with van der Waals surface area (Å²) >= 11 is 0. The molecule has 0 saturated heterocycles. The molecule has 26 heavy (non-hydrogen) atoms. The first-order valence-electron chi connectivity index (χ1n) is 8.41. The first-order valence-corrected chi connectivity index (χ1v) is 8.41. The number of benzene rings is 1. The molecule has 0 fully saturated rings. The molecule has 0 unspecified atom stereocenters. The highest BCUT2D eigenvalue weighted by Gasteiger charge is 2.15. The fourth-order valence-corrected chi connectivity index (χ4v) is 3.18. The van der Waals surface area contributed by atoms with Gasteiger partial charge in [0.2, 0.25) is 0 Å². The van der Waals surface area contributed by atoms with Gasteiger partial charge in [0.1, 0.15) is 16.6 Å². The number of anilines is 2. The van der Waals surface area contributed by atoms with Crippen LogP contribution in [0, 0.1) is 13.8 Å². The molecule has 1 N–H and O–H groups in total. The lowest BCUT2D eigenvalue weighted by molar-refractivity contribution is 0.964. The van der Waals surface area contributed by atoms with Gasteiger partial charge >= 0.3 is 0 Å². The SMILES string of the molecule is Cc1ccc(Nc2c3cnccc3nc3c2nn2ccncc32)cc1C. The van der Waals surface area contributed by atoms with Gasteiger partial charge in [-0.25, -0.2) is 9.50 Å². The second-order valence-corrected chi connectivity index (χ2v) is 6.41. The Kier molecular flexibility index (Phi) is 3.12. The highest BCUT2D eigenvalue weighted by Crippen LogP contribution is 2.33. The van der Waals surface area contributed by atoms with E-state index in [1.807, 2.05) is 23.0 Å². The van der Waals surface area contributed by atoms with Crippen molar-refractivity contribution in [1.29, 1.82) is 0 Å². The van der Waals surface area contributed by atoms with Gasteiger partial charge in [0, 0.05) is 35.9 Å². The molecule has 5 aromatic rings. The Balaban J connectivity index is 1.83. The molecule has 0 radical (unpaired) electrons. The summed E-state index contributed by atoms with van der Waals surface area (Å²) in [5.41, 5.74) is 7.80. The minimum absolute atomic E-state index is 0.803. The van der Waals surface area contributed by atoms with Gasteiger partial charge in [0.05, 0.1) is 17.4 Å². The average molecular weight is 340 g/mol. The number of aryl methyl sites for hydroxylation is 2. The van der Waals surface area contributed by atoms with E-state index >= 15 is 0 Å². The van der Waals surface area contributed by atoms with Gasteiger partial charge in [-0.1, -0.05) is 6.07 Å². The standard InChI is InChI=1S/C20H16N6/c1-12-3-4-14(9-13(12)2)23-18-15-10-21-6-5-16(15)24-19-17-11-22-7-8-26(17)25-20(18)19/h3-11,23H,1-2H3. The number of fused-ring (bicyclic) bond motifs is 4. The third-order valence-corrected chi connectivity index (χ3v) is 4.72. The molecule has 126 valence electrons. The van der Waals surface area contributed by atoms with Gasteiger partial charge in [-0.2, -0.15) is 5.10 Å². The van der Waals surface area contributed by atoms with Crippen molar-refractivity contribution in [2.45, 2.75) is 13.8 Å². The van der Waals surface area contributed by atoms with Crippen molar-refractivity contribution in [2.75, 3.05) is 5.32 Å². The van der Waals surface area contributed by atoms with Crippen LogP contribution in [0.2, 0.25) is 0 Å². The quantitative estimate of drug-likeness (QED) is 0.522. The zero-order valence-corrected chi connectivity index (χ0v) is 14.4. The van der Waals surface area contributed by atoms with Crippen LogP contribution in [0.5, 0.6) is 0 Å². The summed E-state index contributed by atoms with van der Waals surface area (Å²) in [6.45, 7) is 4.22. The minimum atomic E-state index is 0.803. The summed E-state index contributed by atoms with van der Waals surface area (Å²) in [4.78, 5) is 13.3. The van der Waals surface area contributed by atoms with E-state index in [0.717, 1.165) is 38.8 Å². The molecule has 6 heteroatoms. The van der Waals surface area contributed by atoms with Crippen molar-refractivity contribution in [3.8, 4) is 0 Å². The summed E-state index contributed by atoms with van der Waals surface area (Å²) in [7, 11) is 0. The van der Waals surface area contributed by atoms with E-state index in [2.05, 4.69) is 47.3 Å². The largest absolute Gasteiger partial charge is 0.353 e. The van der Waals surface area contributed by atoms with Gasteiger partial charge in [-0.3, -0.25) is 9.97 Å². The first kappa shape index (κ1) is 14.8. The van der Waals surface area contributed by atoms with Crippen LogP contribution in [-0.4, -0.2) is 24.6 Å². The Morgan fingerprint density at radius 2 is 1.81 bits per heavy atom. The fourth-order valence-electron chi connectivity index (χ4n) is 3.18. The molecule has 0 atom stereocenters. The molecular formula is C20H16N6. The predicted octanol–water partition coefficient (Wildman–Crippen LogP) is 4.19. The van der Waals surface area contributed by atoms with Crippen molar-refractivity contribution >= 4 is 38.8 Å². The molecule has 4 heterocycles. The van der Waals surface area contributed by atoms with E-state index in [1.165, 1.54) is 11.1 Å². The summed E-state index contributed by atoms with van der Waals surface area (Å²) in [6, 6.07) is 8.25. The third kappa shape index (κ3) is 2.19. The van der Waals surface area contributed by atoms with Crippen LogP contribution in [0.1, 0.15) is 11.1 Å². The molecule has 0 aliphatic heterocycles. The van der Waals surface area contributed by atoms with Crippen LogP contribution in [0.4, 0.5) is 11.4 Å². The number of aromatic nitrogens is 5. The maximum absolute atomic E-state index is 4.80. The third-order valence-electron chi connectivity index (χ3n) is 4.72. The Hall–Kier alpha value is -3.54. The summed E-state index contributed by atoms with van der Waals surface area (Å²) in [6.07, 6.45) is 8.92. The molecule has 0 bridgehead atoms. The first-order chi connectivity index (χ1) is 12.7. The highest BCUT2D eigenvalue weighted by molar-refractivity contribution is 6.10. The van der Waals surface area contributed by atoms with Gasteiger partial charge in [-0.15, -0.1) is 0 Å². The topological polar surface area (TPSA) is 68.0 Å². The summed E-state index contributed by atoms with van der Waals surface area (Å²) in [5.74, 6) is 0. The fraction of sp³-hybridized carbons (Fsp3) is 0.100. The molecule has 0 aliphatic carbocycles. The monoisotopic (exact) mass is 340 g/mol. The highest BCUT2D eigenvalue weighted by atomic mass is 15.2. The van der Waals surface area contributed by atoms with Crippen molar-refractivity contribution in [2.24, 2.45) is 0 Å². The lowest BCUT2D eigenvalue weighted by Crippen LogP contribution is -1.96. The molecular weight excluding hydrogens is 324 g/mol. The maximum atomic E-state index is 4.80. The Bertz CT molecular complexity index is 1290. The maximum Gasteiger partial charge on any atom is 0.136 e. The number of hydrogen-bond acceptors (Lipinski definition) is 5. The van der Waals surface area contributed by atoms with E-state index in [0.29, 0.717) is 0 Å². The number of pyridine rings is 2. The number of nitrogens with one attached hydrogen (secondary N) is 1. The van der Waals surface area contributed by atoms with Crippen molar-refractivity contribution in [3.63, 3.8) is 0 Å². The van der Waals surface area contributed by atoms with Crippen LogP contribution in [0.15, 0.2) is 55.2 Å². The number of hydrogen-bond donors (Lipinski definition) is 1. The van der Waals surface area contributed by atoms with Crippen molar-refractivity contribution in [1.82, 2.24) is 24.6 Å². The normalized spacial score (nSPS) is 11.5. The molecule has 4 aromatic heterocycles. The Morgan fingerprint density at radius 1 is 0.923 bits per heavy atom. The van der Waals surface area contributed by atoms with Gasteiger partial charge < -0.3 is 5.32 Å². The zero-order valence-electron chi connectivity index (χ0n) is 14.4. The lowest BCUT2D eigenvalue weighted by Gasteiger charge is -2.11. The summed E-state index contributed by atoms with van der Waals surface area (Å²) in [5, 5.41) is 9.21. The van der Waals surface area contributed by atoms with E-state index in [9.17, 15) is 0 Å². The molecule has 6 nitrogen and oxygen atoms in total. The molecule has 0 amide bonds. The molecule has 0 aliphatic rings. The lowest BCUT2D eigenvalue weighted by atomic mass is 10.1. The molecule has 5 rings (SSSR count). The van der Waals surface area contributed by atoms with E-state index in [1.54, 1.807) is 18.6 Å². The van der Waals surface area contributed by atoms with Crippen molar-refractivity contribution < 1.29 is 0 Å². The van der Waals surface area contributed by atoms with Crippen LogP contribution in [0.25, 0.3) is 27.5 Å². The van der Waals surface area contributed by atoms with Gasteiger partial charge in [0.25, 0.3) is 0 Å².